The lowest BCUT2D eigenvalue weighted by atomic mass is 9.86. The summed E-state index contributed by atoms with van der Waals surface area (Å²) >= 11 is 3.52. The number of hydrogen-bond acceptors (Lipinski definition) is 1. The van der Waals surface area contributed by atoms with E-state index in [0.29, 0.717) is 0 Å². The number of piperidine rings is 1. The molecule has 1 aromatic rings. The Morgan fingerprint density at radius 2 is 1.94 bits per heavy atom. The molecule has 1 fully saturated rings. The lowest BCUT2D eigenvalue weighted by molar-refractivity contribution is 0.311. The molecular formula is C16H24BrN. The Bertz CT molecular complexity index is 392. The zero-order valence-corrected chi connectivity index (χ0v) is 13.3. The zero-order valence-electron chi connectivity index (χ0n) is 11.7. The van der Waals surface area contributed by atoms with Gasteiger partial charge in [0.15, 0.2) is 0 Å². The summed E-state index contributed by atoms with van der Waals surface area (Å²) in [6.45, 7) is 9.39. The van der Waals surface area contributed by atoms with Gasteiger partial charge in [-0.05, 0) is 48.8 Å². The van der Waals surface area contributed by atoms with Crippen LogP contribution >= 0.6 is 15.9 Å². The molecule has 1 nitrogen and oxygen atoms in total. The van der Waals surface area contributed by atoms with E-state index in [9.17, 15) is 0 Å². The predicted molar refractivity (Wildman–Crippen MR) is 83.6 cm³/mol. The van der Waals surface area contributed by atoms with Crippen LogP contribution in [0.25, 0.3) is 0 Å². The number of benzene rings is 1. The normalized spacial score (nSPS) is 17.5. The maximum atomic E-state index is 3.52. The number of alkyl halides is 1. The molecule has 0 bridgehead atoms. The van der Waals surface area contributed by atoms with Gasteiger partial charge < -0.3 is 4.90 Å². The number of anilines is 1. The molecule has 0 aromatic heterocycles. The van der Waals surface area contributed by atoms with Crippen LogP contribution in [0.5, 0.6) is 0 Å². The van der Waals surface area contributed by atoms with Crippen molar-refractivity contribution in [2.75, 3.05) is 18.0 Å². The van der Waals surface area contributed by atoms with Crippen molar-refractivity contribution in [1.82, 2.24) is 0 Å². The fourth-order valence-corrected chi connectivity index (χ4v) is 3.31. The Morgan fingerprint density at radius 1 is 1.28 bits per heavy atom. The highest BCUT2D eigenvalue weighted by atomic mass is 79.9. The van der Waals surface area contributed by atoms with Crippen molar-refractivity contribution >= 4 is 21.6 Å². The van der Waals surface area contributed by atoms with Crippen LogP contribution in [-0.4, -0.2) is 13.1 Å². The molecule has 0 N–H and O–H groups in total. The average molecular weight is 310 g/mol. The third kappa shape index (κ3) is 3.09. The van der Waals surface area contributed by atoms with E-state index in [1.165, 1.54) is 42.7 Å². The van der Waals surface area contributed by atoms with Gasteiger partial charge in [0.2, 0.25) is 0 Å². The number of halogens is 1. The summed E-state index contributed by atoms with van der Waals surface area (Å²) < 4.78 is 0. The van der Waals surface area contributed by atoms with Crippen LogP contribution < -0.4 is 4.90 Å². The first-order valence-electron chi connectivity index (χ1n) is 7.02. The number of rotatable bonds is 3. The highest BCUT2D eigenvalue weighted by Crippen LogP contribution is 2.30. The lowest BCUT2D eigenvalue weighted by Crippen LogP contribution is -2.35. The standard InChI is InChI=1S/C16H24BrN/c1-12(2)15-6-8-18(9-7-15)16-5-4-14(11-17)10-13(16)3/h4-5,10,12,15H,6-9,11H2,1-3H3. The van der Waals surface area contributed by atoms with Crippen molar-refractivity contribution in [2.45, 2.75) is 38.9 Å². The maximum Gasteiger partial charge on any atom is 0.0396 e. The molecule has 0 atom stereocenters. The van der Waals surface area contributed by atoms with Gasteiger partial charge in [0.05, 0.1) is 0 Å². The molecule has 0 amide bonds. The maximum absolute atomic E-state index is 3.52. The fourth-order valence-electron chi connectivity index (χ4n) is 2.96. The van der Waals surface area contributed by atoms with Gasteiger partial charge >= 0.3 is 0 Å². The molecule has 1 aliphatic heterocycles. The Morgan fingerprint density at radius 3 is 2.44 bits per heavy atom. The van der Waals surface area contributed by atoms with Gasteiger partial charge in [-0.15, -0.1) is 0 Å². The van der Waals surface area contributed by atoms with Crippen molar-refractivity contribution in [3.8, 4) is 0 Å². The third-order valence-corrected chi connectivity index (χ3v) is 4.89. The topological polar surface area (TPSA) is 3.24 Å². The number of hydrogen-bond donors (Lipinski definition) is 0. The summed E-state index contributed by atoms with van der Waals surface area (Å²) in [6, 6.07) is 6.84. The second-order valence-electron chi connectivity index (χ2n) is 5.82. The minimum Gasteiger partial charge on any atom is -0.371 e. The van der Waals surface area contributed by atoms with E-state index in [2.05, 4.69) is 59.8 Å². The molecule has 1 heterocycles. The van der Waals surface area contributed by atoms with Gasteiger partial charge in [-0.3, -0.25) is 0 Å². The summed E-state index contributed by atoms with van der Waals surface area (Å²) in [6.07, 6.45) is 2.69. The molecule has 18 heavy (non-hydrogen) atoms. The minimum atomic E-state index is 0.837. The smallest absolute Gasteiger partial charge is 0.0396 e. The highest BCUT2D eigenvalue weighted by Gasteiger charge is 2.22. The van der Waals surface area contributed by atoms with Gasteiger partial charge in [0.25, 0.3) is 0 Å². The predicted octanol–water partition coefficient (Wildman–Crippen LogP) is 4.76. The molecule has 0 spiro atoms. The molecule has 1 aliphatic rings. The molecular weight excluding hydrogens is 286 g/mol. The van der Waals surface area contributed by atoms with E-state index in [4.69, 9.17) is 0 Å². The van der Waals surface area contributed by atoms with E-state index in [1.54, 1.807) is 0 Å². The Kier molecular flexibility index (Phi) is 4.71. The van der Waals surface area contributed by atoms with Crippen molar-refractivity contribution < 1.29 is 0 Å². The van der Waals surface area contributed by atoms with Gasteiger partial charge in [0.1, 0.15) is 0 Å². The molecule has 0 unspecified atom stereocenters. The minimum absolute atomic E-state index is 0.837. The first-order valence-corrected chi connectivity index (χ1v) is 8.14. The summed E-state index contributed by atoms with van der Waals surface area (Å²) in [4.78, 5) is 2.56. The molecule has 100 valence electrons. The van der Waals surface area contributed by atoms with Crippen molar-refractivity contribution in [1.29, 1.82) is 0 Å². The Labute approximate surface area is 120 Å². The number of aryl methyl sites for hydroxylation is 1. The van der Waals surface area contributed by atoms with Crippen LogP contribution in [0.15, 0.2) is 18.2 Å². The Balaban J connectivity index is 2.05. The van der Waals surface area contributed by atoms with Gasteiger partial charge in [-0.25, -0.2) is 0 Å². The summed E-state index contributed by atoms with van der Waals surface area (Å²) in [5.74, 6) is 1.76. The first-order chi connectivity index (χ1) is 8.61. The van der Waals surface area contributed by atoms with Crippen LogP contribution in [-0.2, 0) is 5.33 Å². The number of nitrogens with zero attached hydrogens (tertiary/aromatic N) is 1. The summed E-state index contributed by atoms with van der Waals surface area (Å²) in [7, 11) is 0. The molecule has 1 aromatic carbocycles. The SMILES string of the molecule is Cc1cc(CBr)ccc1N1CCC(C(C)C)CC1. The van der Waals surface area contributed by atoms with Gasteiger partial charge in [0, 0.05) is 24.1 Å². The quantitative estimate of drug-likeness (QED) is 0.727. The summed E-state index contributed by atoms with van der Waals surface area (Å²) in [5.41, 5.74) is 4.21. The zero-order chi connectivity index (χ0) is 13.1. The molecule has 0 radical (unpaired) electrons. The van der Waals surface area contributed by atoms with Crippen LogP contribution in [0, 0.1) is 18.8 Å². The van der Waals surface area contributed by atoms with E-state index >= 15 is 0 Å². The third-order valence-electron chi connectivity index (χ3n) is 4.24. The monoisotopic (exact) mass is 309 g/mol. The summed E-state index contributed by atoms with van der Waals surface area (Å²) in [5, 5.41) is 0.948. The average Bonchev–Trinajstić information content (AvgIpc) is 2.38. The largest absolute Gasteiger partial charge is 0.371 e. The Hall–Kier alpha value is -0.500. The first kappa shape index (κ1) is 13.9. The molecule has 1 saturated heterocycles. The van der Waals surface area contributed by atoms with Crippen LogP contribution in [0.3, 0.4) is 0 Å². The lowest BCUT2D eigenvalue weighted by Gasteiger charge is -2.36. The fraction of sp³-hybridized carbons (Fsp3) is 0.625. The second kappa shape index (κ2) is 6.10. The van der Waals surface area contributed by atoms with E-state index in [0.717, 1.165) is 17.2 Å². The molecule has 0 saturated carbocycles. The van der Waals surface area contributed by atoms with Gasteiger partial charge in [-0.1, -0.05) is 41.9 Å². The van der Waals surface area contributed by atoms with Crippen LogP contribution in [0.4, 0.5) is 5.69 Å². The van der Waals surface area contributed by atoms with Gasteiger partial charge in [-0.2, -0.15) is 0 Å². The van der Waals surface area contributed by atoms with E-state index < -0.39 is 0 Å². The van der Waals surface area contributed by atoms with Crippen LogP contribution in [0.1, 0.15) is 37.8 Å². The van der Waals surface area contributed by atoms with Crippen molar-refractivity contribution in [2.24, 2.45) is 11.8 Å². The second-order valence-corrected chi connectivity index (χ2v) is 6.38. The highest BCUT2D eigenvalue weighted by molar-refractivity contribution is 9.08. The van der Waals surface area contributed by atoms with Crippen LogP contribution in [0.2, 0.25) is 0 Å². The van der Waals surface area contributed by atoms with E-state index in [1.807, 2.05) is 0 Å². The van der Waals surface area contributed by atoms with E-state index in [-0.39, 0.29) is 0 Å². The molecule has 0 aliphatic carbocycles. The molecule has 2 rings (SSSR count). The van der Waals surface area contributed by atoms with Crippen molar-refractivity contribution in [3.05, 3.63) is 29.3 Å². The van der Waals surface area contributed by atoms with Crippen molar-refractivity contribution in [3.63, 3.8) is 0 Å². The molecule has 2 heteroatoms.